The average molecular weight is 336 g/mol. The van der Waals surface area contributed by atoms with E-state index >= 15 is 0 Å². The van der Waals surface area contributed by atoms with Gasteiger partial charge in [0.15, 0.2) is 0 Å². The van der Waals surface area contributed by atoms with Gasteiger partial charge in [0.1, 0.15) is 5.75 Å². The lowest BCUT2D eigenvalue weighted by Gasteiger charge is -2.19. The van der Waals surface area contributed by atoms with E-state index in [0.29, 0.717) is 11.5 Å². The van der Waals surface area contributed by atoms with Crippen molar-refractivity contribution in [3.05, 3.63) is 29.8 Å². The van der Waals surface area contributed by atoms with Crippen LogP contribution in [0.1, 0.15) is 24.2 Å². The first kappa shape index (κ1) is 15.9. The number of amides is 1. The number of rotatable bonds is 6. The lowest BCUT2D eigenvalue weighted by Crippen LogP contribution is -2.37. The molecule has 1 aromatic rings. The van der Waals surface area contributed by atoms with Crippen LogP contribution in [0.25, 0.3) is 0 Å². The maximum absolute atomic E-state index is 12.0. The van der Waals surface area contributed by atoms with Crippen molar-refractivity contribution in [2.45, 2.75) is 26.5 Å². The summed E-state index contributed by atoms with van der Waals surface area (Å²) in [4.78, 5) is 11.9. The van der Waals surface area contributed by atoms with Crippen LogP contribution < -0.4 is 10.1 Å². The number of halogens is 3. The number of carbonyl (C=O) groups is 1. The summed E-state index contributed by atoms with van der Waals surface area (Å²) in [5, 5.41) is 3.64. The lowest BCUT2D eigenvalue weighted by molar-refractivity contribution is -0.0498. The number of nitrogens with one attached hydrogen (secondary N) is 1. The zero-order chi connectivity index (χ0) is 14.4. The Morgan fingerprint density at radius 1 is 1.32 bits per heavy atom. The molecule has 19 heavy (non-hydrogen) atoms. The summed E-state index contributed by atoms with van der Waals surface area (Å²) in [7, 11) is 0. The first-order valence-electron chi connectivity index (χ1n) is 5.85. The highest BCUT2D eigenvalue weighted by molar-refractivity contribution is 9.09. The molecule has 2 atom stereocenters. The molecule has 106 valence electrons. The molecule has 0 aromatic heterocycles. The molecule has 0 saturated heterocycles. The standard InChI is InChI=1S/C13H16BrF2NO2/c1-8(7-14)9(2)17-12(18)10-3-5-11(6-4-10)19-13(15)16/h3-6,8-9,13H,7H2,1-2H3,(H,17,18). The molecule has 3 nitrogen and oxygen atoms in total. The summed E-state index contributed by atoms with van der Waals surface area (Å²) in [6.07, 6.45) is 0. The molecule has 6 heteroatoms. The van der Waals surface area contributed by atoms with Crippen LogP contribution in [0, 0.1) is 5.92 Å². The van der Waals surface area contributed by atoms with Gasteiger partial charge in [-0.2, -0.15) is 8.78 Å². The van der Waals surface area contributed by atoms with Gasteiger partial charge in [-0.25, -0.2) is 0 Å². The van der Waals surface area contributed by atoms with Gasteiger partial charge in [0.25, 0.3) is 5.91 Å². The van der Waals surface area contributed by atoms with Crippen LogP contribution in [0.15, 0.2) is 24.3 Å². The minimum Gasteiger partial charge on any atom is -0.435 e. The second-order valence-electron chi connectivity index (χ2n) is 4.30. The number of carbonyl (C=O) groups excluding carboxylic acids is 1. The normalized spacial score (nSPS) is 14.0. The number of ether oxygens (including phenoxy) is 1. The maximum atomic E-state index is 12.0. The highest BCUT2D eigenvalue weighted by atomic mass is 79.9. The van der Waals surface area contributed by atoms with Crippen molar-refractivity contribution in [2.24, 2.45) is 5.92 Å². The van der Waals surface area contributed by atoms with Crippen LogP contribution in [-0.2, 0) is 0 Å². The van der Waals surface area contributed by atoms with Crippen LogP contribution in [0.4, 0.5) is 8.78 Å². The molecule has 0 aliphatic heterocycles. The summed E-state index contributed by atoms with van der Waals surface area (Å²) in [6.45, 7) is 1.07. The fourth-order valence-corrected chi connectivity index (χ4v) is 1.91. The van der Waals surface area contributed by atoms with Gasteiger partial charge >= 0.3 is 6.61 Å². The Labute approximate surface area is 119 Å². The Morgan fingerprint density at radius 2 is 1.89 bits per heavy atom. The first-order valence-corrected chi connectivity index (χ1v) is 6.98. The zero-order valence-electron chi connectivity index (χ0n) is 10.7. The van der Waals surface area contributed by atoms with Gasteiger partial charge in [-0.15, -0.1) is 0 Å². The van der Waals surface area contributed by atoms with E-state index < -0.39 is 6.61 Å². The molecular weight excluding hydrogens is 320 g/mol. The molecule has 2 unspecified atom stereocenters. The fourth-order valence-electron chi connectivity index (χ4n) is 1.35. The van der Waals surface area contributed by atoms with Gasteiger partial charge in [-0.05, 0) is 37.1 Å². The van der Waals surface area contributed by atoms with E-state index in [-0.39, 0.29) is 17.7 Å². The Bertz CT molecular complexity index is 412. The summed E-state index contributed by atoms with van der Waals surface area (Å²) >= 11 is 3.36. The lowest BCUT2D eigenvalue weighted by atomic mass is 10.1. The molecule has 0 aliphatic rings. The van der Waals surface area contributed by atoms with E-state index in [0.717, 1.165) is 5.33 Å². The van der Waals surface area contributed by atoms with Gasteiger partial charge in [0.05, 0.1) is 0 Å². The van der Waals surface area contributed by atoms with E-state index in [9.17, 15) is 13.6 Å². The largest absolute Gasteiger partial charge is 0.435 e. The Hall–Kier alpha value is -1.17. The van der Waals surface area contributed by atoms with Crippen molar-refractivity contribution < 1.29 is 18.3 Å². The quantitative estimate of drug-likeness (QED) is 0.809. The molecular formula is C13H16BrF2NO2. The smallest absolute Gasteiger partial charge is 0.387 e. The predicted octanol–water partition coefficient (Wildman–Crippen LogP) is 3.44. The Morgan fingerprint density at radius 3 is 2.37 bits per heavy atom. The van der Waals surface area contributed by atoms with Gasteiger partial charge < -0.3 is 10.1 Å². The summed E-state index contributed by atoms with van der Waals surface area (Å²) in [6, 6.07) is 5.63. The van der Waals surface area contributed by atoms with E-state index in [4.69, 9.17) is 0 Å². The third-order valence-electron chi connectivity index (χ3n) is 2.80. The summed E-state index contributed by atoms with van der Waals surface area (Å²) < 4.78 is 28.2. The molecule has 0 fully saturated rings. The van der Waals surface area contributed by atoms with Crippen LogP contribution >= 0.6 is 15.9 Å². The highest BCUT2D eigenvalue weighted by Crippen LogP contribution is 2.15. The molecule has 1 N–H and O–H groups in total. The van der Waals surface area contributed by atoms with E-state index in [1.165, 1.54) is 24.3 Å². The van der Waals surface area contributed by atoms with E-state index in [2.05, 4.69) is 26.0 Å². The molecule has 1 aromatic carbocycles. The van der Waals surface area contributed by atoms with Crippen molar-refractivity contribution in [1.82, 2.24) is 5.32 Å². The molecule has 1 rings (SSSR count). The number of hydrogen-bond acceptors (Lipinski definition) is 2. The van der Waals surface area contributed by atoms with Crippen molar-refractivity contribution in [3.8, 4) is 5.75 Å². The second kappa shape index (κ2) is 7.43. The molecule has 0 spiro atoms. The maximum Gasteiger partial charge on any atom is 0.387 e. The van der Waals surface area contributed by atoms with Crippen LogP contribution in [0.3, 0.4) is 0 Å². The predicted molar refractivity (Wildman–Crippen MR) is 73.0 cm³/mol. The summed E-state index contributed by atoms with van der Waals surface area (Å²) in [5.74, 6) is 0.0997. The molecule has 0 saturated carbocycles. The summed E-state index contributed by atoms with van der Waals surface area (Å²) in [5.41, 5.74) is 0.412. The average Bonchev–Trinajstić information content (AvgIpc) is 2.37. The third kappa shape index (κ3) is 5.14. The topological polar surface area (TPSA) is 38.3 Å². The fraction of sp³-hybridized carbons (Fsp3) is 0.462. The molecule has 0 aliphatic carbocycles. The van der Waals surface area contributed by atoms with Gasteiger partial charge in [-0.3, -0.25) is 4.79 Å². The zero-order valence-corrected chi connectivity index (χ0v) is 12.3. The first-order chi connectivity index (χ1) is 8.93. The van der Waals surface area contributed by atoms with E-state index in [1.807, 2.05) is 13.8 Å². The van der Waals surface area contributed by atoms with E-state index in [1.54, 1.807) is 0 Å². The number of benzene rings is 1. The van der Waals surface area contributed by atoms with Gasteiger partial charge in [-0.1, -0.05) is 22.9 Å². The molecule has 0 bridgehead atoms. The van der Waals surface area contributed by atoms with Crippen molar-refractivity contribution >= 4 is 21.8 Å². The van der Waals surface area contributed by atoms with Crippen molar-refractivity contribution in [2.75, 3.05) is 5.33 Å². The minimum absolute atomic E-state index is 0.0175. The number of hydrogen-bond donors (Lipinski definition) is 1. The van der Waals surface area contributed by atoms with Crippen LogP contribution in [-0.4, -0.2) is 23.9 Å². The Kier molecular flexibility index (Phi) is 6.21. The second-order valence-corrected chi connectivity index (χ2v) is 4.94. The minimum atomic E-state index is -2.86. The SMILES string of the molecule is CC(CBr)C(C)NC(=O)c1ccc(OC(F)F)cc1. The molecule has 0 heterocycles. The number of alkyl halides is 3. The van der Waals surface area contributed by atoms with Crippen LogP contribution in [0.5, 0.6) is 5.75 Å². The van der Waals surface area contributed by atoms with Gasteiger partial charge in [0.2, 0.25) is 0 Å². The third-order valence-corrected chi connectivity index (χ3v) is 3.82. The van der Waals surface area contributed by atoms with Crippen molar-refractivity contribution in [3.63, 3.8) is 0 Å². The monoisotopic (exact) mass is 335 g/mol. The Balaban J connectivity index is 2.62. The van der Waals surface area contributed by atoms with Crippen LogP contribution in [0.2, 0.25) is 0 Å². The van der Waals surface area contributed by atoms with Crippen molar-refractivity contribution in [1.29, 1.82) is 0 Å². The molecule has 0 radical (unpaired) electrons. The molecule has 1 amide bonds. The highest BCUT2D eigenvalue weighted by Gasteiger charge is 2.15. The van der Waals surface area contributed by atoms with Gasteiger partial charge in [0, 0.05) is 16.9 Å².